The fourth-order valence-corrected chi connectivity index (χ4v) is 3.25. The lowest BCUT2D eigenvalue weighted by Gasteiger charge is -2.32. The Hall–Kier alpha value is -0.120. The van der Waals surface area contributed by atoms with Crippen LogP contribution in [0.5, 0.6) is 0 Å². The van der Waals surface area contributed by atoms with Gasteiger partial charge in [-0.25, -0.2) is 0 Å². The maximum atomic E-state index is 10.2. The molecule has 0 aromatic rings. The highest BCUT2D eigenvalue weighted by Gasteiger charge is 2.25. The van der Waals surface area contributed by atoms with Crippen molar-refractivity contribution in [3.63, 3.8) is 0 Å². The molecule has 0 radical (unpaired) electrons. The molecule has 2 aliphatic rings. The van der Waals surface area contributed by atoms with Crippen LogP contribution in [0.15, 0.2) is 0 Å². The van der Waals surface area contributed by atoms with Gasteiger partial charge in [0.1, 0.15) is 0 Å². The van der Waals surface area contributed by atoms with E-state index < -0.39 is 0 Å². The van der Waals surface area contributed by atoms with Crippen molar-refractivity contribution in [2.75, 3.05) is 33.2 Å². The first kappa shape index (κ1) is 13.3. The van der Waals surface area contributed by atoms with E-state index in [1.165, 1.54) is 58.2 Å². The van der Waals surface area contributed by atoms with Crippen molar-refractivity contribution in [2.24, 2.45) is 0 Å². The van der Waals surface area contributed by atoms with Crippen LogP contribution in [0.4, 0.5) is 0 Å². The summed E-state index contributed by atoms with van der Waals surface area (Å²) in [6, 6.07) is 0.403. The van der Waals surface area contributed by atoms with E-state index >= 15 is 0 Å². The van der Waals surface area contributed by atoms with Crippen molar-refractivity contribution in [1.29, 1.82) is 0 Å². The van der Waals surface area contributed by atoms with Gasteiger partial charge in [0.2, 0.25) is 0 Å². The van der Waals surface area contributed by atoms with Gasteiger partial charge < -0.3 is 10.0 Å². The van der Waals surface area contributed by atoms with Crippen LogP contribution in [0, 0.1) is 0 Å². The molecule has 2 fully saturated rings. The van der Waals surface area contributed by atoms with Gasteiger partial charge >= 0.3 is 0 Å². The lowest BCUT2D eigenvalue weighted by Crippen LogP contribution is -2.43. The van der Waals surface area contributed by atoms with E-state index in [1.807, 2.05) is 0 Å². The molecule has 2 unspecified atom stereocenters. The van der Waals surface area contributed by atoms with Crippen molar-refractivity contribution in [3.05, 3.63) is 0 Å². The number of nitrogens with zero attached hydrogens (tertiary/aromatic N) is 2. The molecule has 1 saturated heterocycles. The number of likely N-dealkylation sites (tertiary alicyclic amines) is 1. The molecule has 0 aromatic heterocycles. The maximum Gasteiger partial charge on any atom is 0.0695 e. The summed E-state index contributed by atoms with van der Waals surface area (Å²) in [6.07, 6.45) is 8.61. The first-order chi connectivity index (χ1) is 8.27. The lowest BCUT2D eigenvalue weighted by molar-refractivity contribution is 0.0540. The van der Waals surface area contributed by atoms with Crippen LogP contribution in [-0.2, 0) is 0 Å². The van der Waals surface area contributed by atoms with Crippen molar-refractivity contribution < 1.29 is 5.11 Å². The van der Waals surface area contributed by atoms with Gasteiger partial charge in [0.05, 0.1) is 6.10 Å². The Bertz CT molecular complexity index is 216. The molecule has 0 aromatic carbocycles. The van der Waals surface area contributed by atoms with E-state index in [0.29, 0.717) is 6.04 Å². The van der Waals surface area contributed by atoms with Crippen LogP contribution < -0.4 is 0 Å². The lowest BCUT2D eigenvalue weighted by atomic mass is 10.0. The van der Waals surface area contributed by atoms with E-state index in [0.717, 1.165) is 13.0 Å². The fraction of sp³-hybridized carbons (Fsp3) is 1.00. The van der Waals surface area contributed by atoms with Gasteiger partial charge in [-0.15, -0.1) is 0 Å². The smallest absolute Gasteiger partial charge is 0.0695 e. The predicted octanol–water partition coefficient (Wildman–Crippen LogP) is 1.71. The van der Waals surface area contributed by atoms with Gasteiger partial charge in [-0.1, -0.05) is 19.3 Å². The largest absolute Gasteiger partial charge is 0.391 e. The molecule has 0 bridgehead atoms. The number of likely N-dealkylation sites (N-methyl/N-ethyl adjacent to an activating group) is 1. The number of hydrogen-bond donors (Lipinski definition) is 1. The zero-order chi connectivity index (χ0) is 12.1. The molecule has 0 spiro atoms. The monoisotopic (exact) mass is 240 g/mol. The van der Waals surface area contributed by atoms with Crippen molar-refractivity contribution in [2.45, 2.75) is 57.1 Å². The molecule has 1 N–H and O–H groups in total. The minimum atomic E-state index is -0.0962. The maximum absolute atomic E-state index is 10.2. The number of rotatable bonds is 4. The van der Waals surface area contributed by atoms with Gasteiger partial charge in [-0.2, -0.15) is 0 Å². The zero-order valence-electron chi connectivity index (χ0n) is 11.3. The summed E-state index contributed by atoms with van der Waals surface area (Å²) in [5.74, 6) is 0. The van der Waals surface area contributed by atoms with Crippen LogP contribution >= 0.6 is 0 Å². The Kier molecular flexibility index (Phi) is 5.26. The summed E-state index contributed by atoms with van der Waals surface area (Å²) in [4.78, 5) is 4.95. The van der Waals surface area contributed by atoms with Crippen molar-refractivity contribution in [1.82, 2.24) is 9.80 Å². The highest BCUT2D eigenvalue weighted by molar-refractivity contribution is 4.81. The first-order valence-electron chi connectivity index (χ1n) is 7.38. The molecule has 1 aliphatic carbocycles. The molecular weight excluding hydrogens is 212 g/mol. The zero-order valence-corrected chi connectivity index (χ0v) is 11.3. The third kappa shape index (κ3) is 3.94. The van der Waals surface area contributed by atoms with Gasteiger partial charge in [0.15, 0.2) is 0 Å². The van der Waals surface area contributed by atoms with E-state index in [9.17, 15) is 5.11 Å². The minimum absolute atomic E-state index is 0.0962. The van der Waals surface area contributed by atoms with Crippen molar-refractivity contribution in [3.8, 4) is 0 Å². The second-order valence-corrected chi connectivity index (χ2v) is 5.80. The fourth-order valence-electron chi connectivity index (χ4n) is 3.25. The van der Waals surface area contributed by atoms with E-state index in [1.54, 1.807) is 0 Å². The van der Waals surface area contributed by atoms with Gasteiger partial charge in [-0.3, -0.25) is 4.90 Å². The first-order valence-corrected chi connectivity index (χ1v) is 7.38. The molecule has 2 rings (SSSR count). The average molecular weight is 240 g/mol. The Morgan fingerprint density at radius 3 is 2.53 bits per heavy atom. The molecule has 3 heteroatoms. The second kappa shape index (κ2) is 6.72. The topological polar surface area (TPSA) is 26.7 Å². The molecular formula is C14H28N2O. The summed E-state index contributed by atoms with van der Waals surface area (Å²) >= 11 is 0. The van der Waals surface area contributed by atoms with E-state index in [-0.39, 0.29) is 6.10 Å². The molecule has 17 heavy (non-hydrogen) atoms. The standard InChI is InChI=1S/C14H28N2O/c1-15(11-12-16-9-5-6-10-16)13-7-3-2-4-8-14(13)17/h13-14,17H,2-12H2,1H3. The third-order valence-corrected chi connectivity index (χ3v) is 4.48. The van der Waals surface area contributed by atoms with Crippen LogP contribution in [0.2, 0.25) is 0 Å². The number of hydrogen-bond acceptors (Lipinski definition) is 3. The molecule has 2 atom stereocenters. The Labute approximate surface area is 106 Å². The van der Waals surface area contributed by atoms with Crippen LogP contribution in [0.25, 0.3) is 0 Å². The van der Waals surface area contributed by atoms with Crippen molar-refractivity contribution >= 4 is 0 Å². The van der Waals surface area contributed by atoms with Gasteiger partial charge in [0, 0.05) is 19.1 Å². The molecule has 1 aliphatic heterocycles. The summed E-state index contributed by atoms with van der Waals surface area (Å²) in [5, 5.41) is 10.2. The van der Waals surface area contributed by atoms with E-state index in [4.69, 9.17) is 0 Å². The Balaban J connectivity index is 1.74. The SMILES string of the molecule is CN(CCN1CCCC1)C1CCCCCC1O. The number of aliphatic hydroxyl groups is 1. The molecule has 1 heterocycles. The molecule has 3 nitrogen and oxygen atoms in total. The number of aliphatic hydroxyl groups excluding tert-OH is 1. The highest BCUT2D eigenvalue weighted by atomic mass is 16.3. The predicted molar refractivity (Wildman–Crippen MR) is 71.2 cm³/mol. The third-order valence-electron chi connectivity index (χ3n) is 4.48. The van der Waals surface area contributed by atoms with Crippen LogP contribution in [-0.4, -0.2) is 60.3 Å². The Morgan fingerprint density at radius 1 is 1.06 bits per heavy atom. The van der Waals surface area contributed by atoms with Gasteiger partial charge in [-0.05, 0) is 45.8 Å². The van der Waals surface area contributed by atoms with Crippen LogP contribution in [0.1, 0.15) is 44.9 Å². The van der Waals surface area contributed by atoms with Gasteiger partial charge in [0.25, 0.3) is 0 Å². The molecule has 100 valence electrons. The molecule has 0 amide bonds. The summed E-state index contributed by atoms with van der Waals surface area (Å²) in [5.41, 5.74) is 0. The summed E-state index contributed by atoms with van der Waals surface area (Å²) in [6.45, 7) is 4.85. The summed E-state index contributed by atoms with van der Waals surface area (Å²) in [7, 11) is 2.19. The van der Waals surface area contributed by atoms with Crippen LogP contribution in [0.3, 0.4) is 0 Å². The molecule has 1 saturated carbocycles. The van der Waals surface area contributed by atoms with E-state index in [2.05, 4.69) is 16.8 Å². The highest BCUT2D eigenvalue weighted by Crippen LogP contribution is 2.21. The summed E-state index contributed by atoms with van der Waals surface area (Å²) < 4.78 is 0. The Morgan fingerprint density at radius 2 is 1.76 bits per heavy atom. The second-order valence-electron chi connectivity index (χ2n) is 5.80. The quantitative estimate of drug-likeness (QED) is 0.758. The average Bonchev–Trinajstić information content (AvgIpc) is 2.75. The minimum Gasteiger partial charge on any atom is -0.391 e. The normalized spacial score (nSPS) is 31.9.